The maximum atomic E-state index is 13.7. The number of anilines is 1. The number of nitrogens with zero attached hydrogens (tertiary/aromatic N) is 2. The van der Waals surface area contributed by atoms with E-state index in [-0.39, 0.29) is 29.0 Å². The Balaban J connectivity index is 0.939. The van der Waals surface area contributed by atoms with Crippen molar-refractivity contribution in [3.8, 4) is 23.0 Å². The van der Waals surface area contributed by atoms with Crippen LogP contribution in [0.2, 0.25) is 0 Å². The molecule has 4 amide bonds. The number of likely N-dealkylation sites (tertiary alicyclic amines) is 1. The van der Waals surface area contributed by atoms with Crippen molar-refractivity contribution < 1.29 is 28.7 Å². The molecule has 2 heterocycles. The number of hydrogen-bond donors (Lipinski definition) is 0. The first kappa shape index (κ1) is 30.8. The Bertz CT molecular complexity index is 1960. The number of aryl methyl sites for hydroxylation is 1. The first-order valence-electron chi connectivity index (χ1n) is 16.6. The van der Waals surface area contributed by atoms with Gasteiger partial charge in [0.1, 0.15) is 23.0 Å². The quantitative estimate of drug-likeness (QED) is 0.157. The summed E-state index contributed by atoms with van der Waals surface area (Å²) in [4.78, 5) is 55.6. The molecule has 2 bridgehead atoms. The number of benzene rings is 4. The summed E-state index contributed by atoms with van der Waals surface area (Å²) in [6, 6.07) is 31.0. The Labute approximate surface area is 284 Å². The largest absolute Gasteiger partial charge is 0.457 e. The lowest BCUT2D eigenvalue weighted by molar-refractivity contribution is -0.138. The number of hydrogen-bond acceptors (Lipinski definition) is 6. The lowest BCUT2D eigenvalue weighted by Gasteiger charge is -2.44. The second kappa shape index (κ2) is 11.3. The summed E-state index contributed by atoms with van der Waals surface area (Å²) >= 11 is 0. The molecule has 0 aromatic heterocycles. The SMILES string of the molecule is Cc1ccc(Oc2ccc(C(C)(C)c3ccc(Oc4ccc(N5C(=O)C6C7C=CC(C8C(=O)N(C)C(=O)C78)C6C5=O)cc4)cc3)cc2)cc1. The second-order valence-electron chi connectivity index (χ2n) is 14.1. The number of carbonyl (C=O) groups excluding carboxylic acids is 4. The molecule has 5 aliphatic rings. The number of rotatable bonds is 7. The van der Waals surface area contributed by atoms with Gasteiger partial charge in [0.2, 0.25) is 23.6 Å². The summed E-state index contributed by atoms with van der Waals surface area (Å²) in [6.45, 7) is 6.40. The monoisotopic (exact) mass is 652 g/mol. The fourth-order valence-electron chi connectivity index (χ4n) is 8.22. The molecule has 1 saturated carbocycles. The van der Waals surface area contributed by atoms with E-state index < -0.39 is 35.5 Å². The van der Waals surface area contributed by atoms with Crippen molar-refractivity contribution in [2.75, 3.05) is 11.9 Å². The Hall–Kier alpha value is -5.50. The zero-order valence-corrected chi connectivity index (χ0v) is 27.7. The van der Waals surface area contributed by atoms with Crippen molar-refractivity contribution in [2.45, 2.75) is 26.2 Å². The summed E-state index contributed by atoms with van der Waals surface area (Å²) in [6.07, 6.45) is 3.74. The number of amides is 4. The highest BCUT2D eigenvalue weighted by molar-refractivity contribution is 6.23. The molecule has 6 atom stereocenters. The van der Waals surface area contributed by atoms with Crippen LogP contribution in [-0.2, 0) is 24.6 Å². The second-order valence-corrected chi connectivity index (χ2v) is 14.1. The van der Waals surface area contributed by atoms with Crippen LogP contribution in [0.4, 0.5) is 5.69 Å². The fourth-order valence-corrected chi connectivity index (χ4v) is 8.22. The maximum Gasteiger partial charge on any atom is 0.238 e. The predicted molar refractivity (Wildman–Crippen MR) is 183 cm³/mol. The molecule has 2 aliphatic heterocycles. The molecule has 8 heteroatoms. The first-order chi connectivity index (χ1) is 23.5. The Kier molecular flexibility index (Phi) is 7.10. The summed E-state index contributed by atoms with van der Waals surface area (Å²) in [5.74, 6) is -1.73. The molecule has 0 N–H and O–H groups in total. The molecule has 246 valence electrons. The summed E-state index contributed by atoms with van der Waals surface area (Å²) in [7, 11) is 1.48. The van der Waals surface area contributed by atoms with Gasteiger partial charge in [-0.25, -0.2) is 0 Å². The highest BCUT2D eigenvalue weighted by Gasteiger charge is 2.68. The Morgan fingerprint density at radius 3 is 1.27 bits per heavy atom. The molecule has 6 unspecified atom stereocenters. The van der Waals surface area contributed by atoms with Gasteiger partial charge in [-0.15, -0.1) is 0 Å². The molecule has 3 fully saturated rings. The van der Waals surface area contributed by atoms with Crippen LogP contribution in [-0.4, -0.2) is 35.6 Å². The number of imide groups is 2. The maximum absolute atomic E-state index is 13.7. The first-order valence-corrected chi connectivity index (χ1v) is 16.6. The molecule has 4 aromatic carbocycles. The van der Waals surface area contributed by atoms with Gasteiger partial charge >= 0.3 is 0 Å². The van der Waals surface area contributed by atoms with E-state index >= 15 is 0 Å². The van der Waals surface area contributed by atoms with E-state index in [0.717, 1.165) is 27.5 Å². The van der Waals surface area contributed by atoms with Crippen LogP contribution in [0.15, 0.2) is 109 Å². The van der Waals surface area contributed by atoms with Gasteiger partial charge in [-0.05, 0) is 78.7 Å². The van der Waals surface area contributed by atoms with Crippen LogP contribution in [0.1, 0.15) is 30.5 Å². The van der Waals surface area contributed by atoms with Crippen molar-refractivity contribution in [2.24, 2.45) is 35.5 Å². The third-order valence-electron chi connectivity index (χ3n) is 11.0. The van der Waals surface area contributed by atoms with E-state index in [4.69, 9.17) is 9.47 Å². The molecule has 9 rings (SSSR count). The fraction of sp³-hybridized carbons (Fsp3) is 0.268. The van der Waals surface area contributed by atoms with Gasteiger partial charge in [0, 0.05) is 24.3 Å². The van der Waals surface area contributed by atoms with Gasteiger partial charge in [-0.3, -0.25) is 29.0 Å². The van der Waals surface area contributed by atoms with Gasteiger partial charge in [0.25, 0.3) is 0 Å². The van der Waals surface area contributed by atoms with Crippen LogP contribution < -0.4 is 14.4 Å². The molecule has 8 nitrogen and oxygen atoms in total. The van der Waals surface area contributed by atoms with Gasteiger partial charge in [0.05, 0.1) is 29.4 Å². The minimum absolute atomic E-state index is 0.261. The lowest BCUT2D eigenvalue weighted by atomic mass is 9.54. The van der Waals surface area contributed by atoms with Crippen molar-refractivity contribution in [1.82, 2.24) is 4.90 Å². The minimum atomic E-state index is -0.643. The zero-order chi connectivity index (χ0) is 34.2. The molecule has 0 spiro atoms. The lowest BCUT2D eigenvalue weighted by Crippen LogP contribution is -2.50. The number of allylic oxidation sites excluding steroid dienone is 2. The van der Waals surface area contributed by atoms with Crippen LogP contribution in [0.25, 0.3) is 0 Å². The van der Waals surface area contributed by atoms with Crippen LogP contribution in [0.3, 0.4) is 0 Å². The van der Waals surface area contributed by atoms with Crippen LogP contribution in [0.5, 0.6) is 23.0 Å². The normalized spacial score (nSPS) is 25.6. The average Bonchev–Trinajstić information content (AvgIpc) is 3.52. The molecule has 2 saturated heterocycles. The van der Waals surface area contributed by atoms with E-state index in [9.17, 15) is 19.2 Å². The standard InChI is InChI=1S/C41H36N2O6/c1-23-5-13-27(14-6-23)48-28-15-7-24(8-16-28)41(2,3)25-9-17-29(18-10-25)49-30-19-11-26(12-20-30)43-39(46)35-31-21-22-32(36(35)40(43)47)34-33(31)37(44)42(4)38(34)45/h5-22,31-36H,1-4H3. The molecular formula is C41H36N2O6. The molecule has 4 aromatic rings. The van der Waals surface area contributed by atoms with E-state index in [1.807, 2.05) is 67.6 Å². The van der Waals surface area contributed by atoms with Gasteiger partial charge in [0.15, 0.2) is 0 Å². The van der Waals surface area contributed by atoms with E-state index in [1.54, 1.807) is 24.3 Å². The predicted octanol–water partition coefficient (Wildman–Crippen LogP) is 7.06. The third kappa shape index (κ3) is 4.88. The van der Waals surface area contributed by atoms with E-state index in [0.29, 0.717) is 17.2 Å². The van der Waals surface area contributed by atoms with Crippen LogP contribution in [0, 0.1) is 42.4 Å². The van der Waals surface area contributed by atoms with Gasteiger partial charge in [-0.1, -0.05) is 68.0 Å². The average molecular weight is 653 g/mol. The van der Waals surface area contributed by atoms with Crippen molar-refractivity contribution in [3.63, 3.8) is 0 Å². The zero-order valence-electron chi connectivity index (χ0n) is 27.7. The molecule has 49 heavy (non-hydrogen) atoms. The molecule has 0 radical (unpaired) electrons. The van der Waals surface area contributed by atoms with Crippen molar-refractivity contribution in [1.29, 1.82) is 0 Å². The summed E-state index contributed by atoms with van der Waals surface area (Å²) in [5.41, 5.74) is 3.64. The molecular weight excluding hydrogens is 616 g/mol. The Morgan fingerprint density at radius 1 is 0.510 bits per heavy atom. The van der Waals surface area contributed by atoms with E-state index in [2.05, 4.69) is 38.1 Å². The van der Waals surface area contributed by atoms with Gasteiger partial charge < -0.3 is 9.47 Å². The summed E-state index contributed by atoms with van der Waals surface area (Å²) < 4.78 is 12.1. The highest BCUT2D eigenvalue weighted by Crippen LogP contribution is 2.58. The number of ether oxygens (including phenoxy) is 2. The van der Waals surface area contributed by atoms with Crippen molar-refractivity contribution in [3.05, 3.63) is 126 Å². The smallest absolute Gasteiger partial charge is 0.238 e. The highest BCUT2D eigenvalue weighted by atomic mass is 16.5. The van der Waals surface area contributed by atoms with Crippen LogP contribution >= 0.6 is 0 Å². The molecule has 3 aliphatic carbocycles. The van der Waals surface area contributed by atoms with Gasteiger partial charge in [-0.2, -0.15) is 0 Å². The topological polar surface area (TPSA) is 93.2 Å². The minimum Gasteiger partial charge on any atom is -0.457 e. The number of carbonyl (C=O) groups is 4. The summed E-state index contributed by atoms with van der Waals surface area (Å²) in [5, 5.41) is 0. The van der Waals surface area contributed by atoms with E-state index in [1.165, 1.54) is 17.5 Å². The van der Waals surface area contributed by atoms with Crippen molar-refractivity contribution >= 4 is 29.3 Å². The Morgan fingerprint density at radius 2 is 0.857 bits per heavy atom. The third-order valence-corrected chi connectivity index (χ3v) is 11.0.